The maximum Gasteiger partial charge on any atom is 0.361 e. The van der Waals surface area contributed by atoms with E-state index in [0.717, 1.165) is 11.3 Å². The highest BCUT2D eigenvalue weighted by atomic mass is 16.5. The third-order valence-corrected chi connectivity index (χ3v) is 4.83. The highest BCUT2D eigenvalue weighted by Gasteiger charge is 2.29. The molecule has 0 aliphatic heterocycles. The van der Waals surface area contributed by atoms with E-state index in [-0.39, 0.29) is 35.1 Å². The van der Waals surface area contributed by atoms with Gasteiger partial charge >= 0.3 is 5.97 Å². The summed E-state index contributed by atoms with van der Waals surface area (Å²) in [5.41, 5.74) is 0.867. The van der Waals surface area contributed by atoms with Crippen LogP contribution in [-0.2, 0) is 9.53 Å². The van der Waals surface area contributed by atoms with E-state index in [4.69, 9.17) is 9.26 Å². The average Bonchev–Trinajstić information content (AvgIpc) is 3.12. The molecule has 30 heavy (non-hydrogen) atoms. The lowest BCUT2D eigenvalue weighted by Gasteiger charge is -2.26. The number of amides is 1. The smallest absolute Gasteiger partial charge is 0.361 e. The zero-order valence-electron chi connectivity index (χ0n) is 17.6. The van der Waals surface area contributed by atoms with Gasteiger partial charge in [0.05, 0.1) is 6.61 Å². The molecule has 3 aromatic rings. The Morgan fingerprint density at radius 2 is 2.00 bits per heavy atom. The topological polar surface area (TPSA) is 108 Å². The van der Waals surface area contributed by atoms with Crippen molar-refractivity contribution in [2.24, 2.45) is 0 Å². The van der Waals surface area contributed by atoms with E-state index < -0.39 is 17.6 Å². The highest BCUT2D eigenvalue weighted by molar-refractivity contribution is 6.00. The zero-order valence-corrected chi connectivity index (χ0v) is 17.6. The number of carbonyl (C=O) groups is 2. The summed E-state index contributed by atoms with van der Waals surface area (Å²) in [5, 5.41) is 3.55. The highest BCUT2D eigenvalue weighted by Crippen LogP contribution is 2.21. The maximum atomic E-state index is 13.3. The molecule has 1 aromatic carbocycles. The number of hydrogen-bond acceptors (Lipinski definition) is 7. The largest absolute Gasteiger partial charge is 0.461 e. The van der Waals surface area contributed by atoms with Crippen molar-refractivity contribution in [1.29, 1.82) is 0 Å². The van der Waals surface area contributed by atoms with E-state index >= 15 is 0 Å². The molecule has 0 aliphatic rings. The number of anilines is 1. The fourth-order valence-electron chi connectivity index (χ4n) is 3.41. The average molecular weight is 412 g/mol. The number of rotatable bonds is 6. The predicted octanol–water partition coefficient (Wildman–Crippen LogP) is 2.79. The molecular formula is C21H24N4O5. The van der Waals surface area contributed by atoms with Crippen molar-refractivity contribution < 1.29 is 18.8 Å². The van der Waals surface area contributed by atoms with Crippen LogP contribution in [0.15, 0.2) is 33.6 Å². The van der Waals surface area contributed by atoms with Gasteiger partial charge in [-0.15, -0.1) is 0 Å². The van der Waals surface area contributed by atoms with Gasteiger partial charge in [-0.05, 0) is 52.3 Å². The van der Waals surface area contributed by atoms with Crippen molar-refractivity contribution in [2.45, 2.75) is 40.7 Å². The maximum absolute atomic E-state index is 13.3. The van der Waals surface area contributed by atoms with E-state index in [1.54, 1.807) is 25.7 Å². The second-order valence-electron chi connectivity index (χ2n) is 6.86. The van der Waals surface area contributed by atoms with Gasteiger partial charge in [-0.1, -0.05) is 17.3 Å². The Kier molecular flexibility index (Phi) is 6.00. The van der Waals surface area contributed by atoms with Gasteiger partial charge in [-0.3, -0.25) is 14.2 Å². The van der Waals surface area contributed by atoms with Crippen molar-refractivity contribution in [2.75, 3.05) is 18.1 Å². The second kappa shape index (κ2) is 8.48. The lowest BCUT2D eigenvalue weighted by molar-refractivity contribution is -0.121. The summed E-state index contributed by atoms with van der Waals surface area (Å²) in [6.07, 6.45) is 0. The number of aryl methyl sites for hydroxylation is 2. The molecule has 9 heteroatoms. The van der Waals surface area contributed by atoms with E-state index in [1.165, 1.54) is 4.57 Å². The van der Waals surface area contributed by atoms with Crippen LogP contribution in [0.2, 0.25) is 0 Å². The third kappa shape index (κ3) is 3.70. The number of esters is 1. The van der Waals surface area contributed by atoms with Crippen LogP contribution in [0.1, 0.15) is 48.7 Å². The predicted molar refractivity (Wildman–Crippen MR) is 111 cm³/mol. The van der Waals surface area contributed by atoms with Gasteiger partial charge in [0.1, 0.15) is 17.3 Å². The van der Waals surface area contributed by atoms with Gasteiger partial charge < -0.3 is 14.2 Å². The van der Waals surface area contributed by atoms with Gasteiger partial charge in [0.25, 0.3) is 11.3 Å². The number of likely N-dealkylation sites (N-methyl/N-ethyl adjacent to an activating group) is 1. The Bertz CT molecular complexity index is 1160. The van der Waals surface area contributed by atoms with E-state index in [1.807, 2.05) is 38.1 Å². The summed E-state index contributed by atoms with van der Waals surface area (Å²) in [6, 6.07) is 6.71. The Morgan fingerprint density at radius 1 is 1.27 bits per heavy atom. The Morgan fingerprint density at radius 3 is 2.63 bits per heavy atom. The monoisotopic (exact) mass is 412 g/mol. The second-order valence-corrected chi connectivity index (χ2v) is 6.86. The molecule has 0 radical (unpaired) electrons. The fraction of sp³-hybridized carbons (Fsp3) is 0.381. The van der Waals surface area contributed by atoms with Gasteiger partial charge in [0.2, 0.25) is 11.6 Å². The van der Waals surface area contributed by atoms with Gasteiger partial charge in [0, 0.05) is 12.2 Å². The number of ether oxygens (including phenoxy) is 1. The molecule has 0 spiro atoms. The molecule has 2 heterocycles. The number of carbonyl (C=O) groups excluding carboxylic acids is 2. The van der Waals surface area contributed by atoms with Gasteiger partial charge in [0.15, 0.2) is 0 Å². The summed E-state index contributed by atoms with van der Waals surface area (Å²) < 4.78 is 11.2. The van der Waals surface area contributed by atoms with Crippen molar-refractivity contribution in [3.63, 3.8) is 0 Å². The number of nitrogens with zero attached hydrogens (tertiary/aromatic N) is 4. The lowest BCUT2D eigenvalue weighted by Crippen LogP contribution is -2.40. The molecule has 0 N–H and O–H groups in total. The minimum atomic E-state index is -0.861. The molecular weight excluding hydrogens is 388 g/mol. The van der Waals surface area contributed by atoms with Crippen LogP contribution in [0.25, 0.3) is 11.1 Å². The summed E-state index contributed by atoms with van der Waals surface area (Å²) in [4.78, 5) is 44.5. The summed E-state index contributed by atoms with van der Waals surface area (Å²) in [6.45, 7) is 9.23. The van der Waals surface area contributed by atoms with Crippen LogP contribution in [0.5, 0.6) is 0 Å². The van der Waals surface area contributed by atoms with Crippen molar-refractivity contribution >= 4 is 28.7 Å². The van der Waals surface area contributed by atoms with Crippen LogP contribution < -0.4 is 10.5 Å². The third-order valence-electron chi connectivity index (χ3n) is 4.83. The van der Waals surface area contributed by atoms with E-state index in [2.05, 4.69) is 10.1 Å². The Hall–Kier alpha value is -3.49. The standard InChI is InChI=1S/C21H24N4O5/c1-6-24(15-10-8-9-12(3)11-15)19(26)13(4)25-14(5)22-18-16(20(25)27)17(23-30-18)21(28)29-7-2/h8-11,13H,6-7H2,1-5H3/t13-/m0/s1. The number of fused-ring (bicyclic) bond motifs is 1. The molecule has 9 nitrogen and oxygen atoms in total. The molecule has 1 atom stereocenters. The van der Waals surface area contributed by atoms with Crippen molar-refractivity contribution in [1.82, 2.24) is 14.7 Å². The first-order valence-corrected chi connectivity index (χ1v) is 9.73. The molecule has 158 valence electrons. The molecule has 2 aromatic heterocycles. The first-order chi connectivity index (χ1) is 14.3. The molecule has 0 unspecified atom stereocenters. The SMILES string of the molecule is CCOC(=O)c1noc2nc(C)n([C@@H](C)C(=O)N(CC)c3cccc(C)c3)c(=O)c12. The van der Waals surface area contributed by atoms with E-state index in [0.29, 0.717) is 6.54 Å². The first kappa shape index (κ1) is 21.2. The molecule has 0 aliphatic carbocycles. The van der Waals surface area contributed by atoms with Crippen LogP contribution in [0, 0.1) is 13.8 Å². The van der Waals surface area contributed by atoms with Crippen LogP contribution in [-0.4, -0.2) is 39.7 Å². The minimum absolute atomic E-state index is 0.0671. The molecule has 1 amide bonds. The minimum Gasteiger partial charge on any atom is -0.461 e. The van der Waals surface area contributed by atoms with Gasteiger partial charge in [-0.25, -0.2) is 4.79 Å². The molecule has 0 fully saturated rings. The van der Waals surface area contributed by atoms with Crippen LogP contribution in [0.4, 0.5) is 5.69 Å². The van der Waals surface area contributed by atoms with Crippen molar-refractivity contribution in [3.8, 4) is 0 Å². The summed E-state index contributed by atoms with van der Waals surface area (Å²) >= 11 is 0. The Balaban J connectivity index is 2.08. The lowest BCUT2D eigenvalue weighted by atomic mass is 10.1. The Labute approximate surface area is 173 Å². The van der Waals surface area contributed by atoms with Crippen LogP contribution >= 0.6 is 0 Å². The van der Waals surface area contributed by atoms with Crippen LogP contribution in [0.3, 0.4) is 0 Å². The quantitative estimate of drug-likeness (QED) is 0.573. The fourth-order valence-corrected chi connectivity index (χ4v) is 3.41. The van der Waals surface area contributed by atoms with Crippen molar-refractivity contribution in [3.05, 3.63) is 51.7 Å². The normalized spacial score (nSPS) is 12.0. The summed E-state index contributed by atoms with van der Waals surface area (Å²) in [5.74, 6) is -0.775. The number of benzene rings is 1. The molecule has 0 bridgehead atoms. The summed E-state index contributed by atoms with van der Waals surface area (Å²) in [7, 11) is 0. The first-order valence-electron chi connectivity index (χ1n) is 9.73. The number of aromatic nitrogens is 3. The molecule has 0 saturated carbocycles. The van der Waals surface area contributed by atoms with Gasteiger partial charge in [-0.2, -0.15) is 4.98 Å². The van der Waals surface area contributed by atoms with E-state index in [9.17, 15) is 14.4 Å². The molecule has 0 saturated heterocycles. The molecule has 3 rings (SSSR count). The zero-order chi connectivity index (χ0) is 22.0. The number of hydrogen-bond donors (Lipinski definition) is 0.